The maximum Gasteiger partial charge on any atom is 0.643 e. The lowest BCUT2D eigenvalue weighted by Crippen LogP contribution is -2.80. The molecule has 2 rings (SSSR count). The minimum absolute atomic E-state index is 1.61. The minimum atomic E-state index is -3.77. The van der Waals surface area contributed by atoms with Crippen molar-refractivity contribution in [3.63, 3.8) is 0 Å². The van der Waals surface area contributed by atoms with Crippen LogP contribution in [0.15, 0.2) is 0 Å². The highest BCUT2D eigenvalue weighted by Gasteiger charge is 2.72. The average molecular weight is 537 g/mol. The molecule has 0 unspecified atom stereocenters. The fourth-order valence-electron chi connectivity index (χ4n) is 2.77. The van der Waals surface area contributed by atoms with Crippen LogP contribution >= 0.6 is 0 Å². The Balaban J connectivity index is 2.45. The predicted molar refractivity (Wildman–Crippen MR) is 122 cm³/mol. The first-order valence-electron chi connectivity index (χ1n) is 9.49. The van der Waals surface area contributed by atoms with E-state index in [2.05, 4.69) is 0 Å². The molecule has 0 aromatic carbocycles. The van der Waals surface area contributed by atoms with Crippen LogP contribution in [0.25, 0.3) is 0 Å². The van der Waals surface area contributed by atoms with Crippen LogP contribution in [0.3, 0.4) is 0 Å². The monoisotopic (exact) mass is 536 g/mol. The third-order valence-corrected chi connectivity index (χ3v) is 29.6. The fraction of sp³-hybridized carbons (Fsp3) is 1.00. The van der Waals surface area contributed by atoms with Gasteiger partial charge in [-0.3, -0.25) is 0 Å². The van der Waals surface area contributed by atoms with E-state index in [0.717, 1.165) is 0 Å². The smallest absolute Gasteiger partial charge is 0.398 e. The van der Waals surface area contributed by atoms with Crippen molar-refractivity contribution >= 4 is 60.9 Å². The molecule has 0 saturated carbocycles. The minimum Gasteiger partial charge on any atom is -0.398 e. The molecule has 29 heavy (non-hydrogen) atoms. The van der Waals surface area contributed by atoms with E-state index in [4.69, 9.17) is 41.8 Å². The Morgan fingerprint density at radius 1 is 0.517 bits per heavy atom. The van der Waals surface area contributed by atoms with Gasteiger partial charge in [-0.1, -0.05) is 0 Å². The van der Waals surface area contributed by atoms with E-state index in [1.807, 2.05) is 65.5 Å². The molecule has 0 bridgehead atoms. The van der Waals surface area contributed by atoms with Crippen LogP contribution in [0.2, 0.25) is 65.5 Å². The van der Waals surface area contributed by atoms with Crippen LogP contribution in [-0.4, -0.2) is 75.1 Å². The topological polar surface area (TPSA) is 92.3 Å². The number of hydrogen-bond donors (Lipinski definition) is 0. The van der Waals surface area contributed by atoms with Crippen LogP contribution in [0, 0.1) is 0 Å². The lowest BCUT2D eigenvalue weighted by molar-refractivity contribution is 0.0148. The van der Waals surface area contributed by atoms with Crippen LogP contribution in [0.5, 0.6) is 0 Å². The summed E-state index contributed by atoms with van der Waals surface area (Å²) in [6, 6.07) is 0. The first-order valence-corrected chi connectivity index (χ1v) is 26.8. The lowest BCUT2D eigenvalue weighted by Gasteiger charge is -2.54. The number of rotatable bonds is 6. The SMILES string of the molecule is CO[Si](C)(C)O[Si]1(O[Si](C)(C)OC)O[Si](C)(C)O[Si]2(O[Si](C)(C)O1)O[Si](C)(C)O2. The Morgan fingerprint density at radius 3 is 1.03 bits per heavy atom. The molecule has 172 valence electrons. The van der Waals surface area contributed by atoms with Crippen molar-refractivity contribution in [1.29, 1.82) is 0 Å². The zero-order chi connectivity index (χ0) is 22.6. The molecular formula is C12H36O10Si7. The van der Waals surface area contributed by atoms with E-state index in [1.54, 1.807) is 14.2 Å². The van der Waals surface area contributed by atoms with Gasteiger partial charge in [0.1, 0.15) is 0 Å². The highest BCUT2D eigenvalue weighted by molar-refractivity contribution is 6.97. The molecule has 10 nitrogen and oxygen atoms in total. The van der Waals surface area contributed by atoms with Gasteiger partial charge < -0.3 is 41.8 Å². The first kappa shape index (κ1) is 26.4. The van der Waals surface area contributed by atoms with E-state index in [-0.39, 0.29) is 0 Å². The van der Waals surface area contributed by atoms with Gasteiger partial charge in [-0.25, -0.2) is 0 Å². The summed E-state index contributed by atoms with van der Waals surface area (Å²) in [6.45, 7) is 19.1. The van der Waals surface area contributed by atoms with Crippen molar-refractivity contribution in [2.45, 2.75) is 65.5 Å². The highest BCUT2D eigenvalue weighted by atomic mass is 28.6. The third kappa shape index (κ3) is 7.05. The quantitative estimate of drug-likeness (QED) is 0.472. The Hall–Kier alpha value is 1.12. The normalized spacial score (nSPS) is 27.7. The molecule has 17 heteroatoms. The summed E-state index contributed by atoms with van der Waals surface area (Å²) < 4.78 is 62.0. The fourth-order valence-corrected chi connectivity index (χ4v) is 29.8. The van der Waals surface area contributed by atoms with E-state index < -0.39 is 60.9 Å². The Bertz CT molecular complexity index is 564. The second kappa shape index (κ2) is 8.16. The molecule has 0 aromatic rings. The summed E-state index contributed by atoms with van der Waals surface area (Å²) in [6.07, 6.45) is 0. The molecule has 0 radical (unpaired) electrons. The summed E-state index contributed by atoms with van der Waals surface area (Å²) in [4.78, 5) is 0. The Kier molecular flexibility index (Phi) is 7.42. The first-order chi connectivity index (χ1) is 12.8. The molecule has 1 spiro atoms. The molecule has 0 atom stereocenters. The summed E-state index contributed by atoms with van der Waals surface area (Å²) in [5.41, 5.74) is 0. The summed E-state index contributed by atoms with van der Waals surface area (Å²) in [5.74, 6) is 0. The molecule has 0 aromatic heterocycles. The lowest BCUT2D eigenvalue weighted by atomic mass is 11.8. The van der Waals surface area contributed by atoms with Gasteiger partial charge in [0.15, 0.2) is 0 Å². The van der Waals surface area contributed by atoms with Gasteiger partial charge >= 0.3 is 60.9 Å². The molecule has 0 amide bonds. The zero-order valence-electron chi connectivity index (χ0n) is 19.6. The summed E-state index contributed by atoms with van der Waals surface area (Å²) >= 11 is 0. The molecule has 0 aliphatic carbocycles. The number of hydrogen-bond acceptors (Lipinski definition) is 10. The van der Waals surface area contributed by atoms with Gasteiger partial charge in [-0.15, -0.1) is 0 Å². The van der Waals surface area contributed by atoms with Gasteiger partial charge in [-0.2, -0.15) is 0 Å². The van der Waals surface area contributed by atoms with Crippen molar-refractivity contribution in [3.05, 3.63) is 0 Å². The second-order valence-corrected chi connectivity index (χ2v) is 32.6. The molecule has 0 N–H and O–H groups in total. The van der Waals surface area contributed by atoms with Crippen LogP contribution < -0.4 is 0 Å². The third-order valence-electron chi connectivity index (χ3n) is 3.95. The van der Waals surface area contributed by atoms with E-state index >= 15 is 0 Å². The van der Waals surface area contributed by atoms with Crippen molar-refractivity contribution < 1.29 is 41.8 Å². The zero-order valence-corrected chi connectivity index (χ0v) is 26.6. The Morgan fingerprint density at radius 2 is 0.793 bits per heavy atom. The van der Waals surface area contributed by atoms with Crippen molar-refractivity contribution in [2.75, 3.05) is 14.2 Å². The standard InChI is InChI=1S/C12H36O10Si7/c1-13-23(3,4)15-28(16-24(5,6)14-2)17-25(7,8)19-29(20-26(9,10)18-28)21-27(11,12)22-29/h1-12H3. The van der Waals surface area contributed by atoms with Crippen molar-refractivity contribution in [3.8, 4) is 0 Å². The maximum absolute atomic E-state index is 6.52. The van der Waals surface area contributed by atoms with E-state index in [1.165, 1.54) is 0 Å². The predicted octanol–water partition coefficient (Wildman–Crippen LogP) is 2.82. The van der Waals surface area contributed by atoms with Crippen molar-refractivity contribution in [1.82, 2.24) is 0 Å². The largest absolute Gasteiger partial charge is 0.643 e. The van der Waals surface area contributed by atoms with Gasteiger partial charge in [0, 0.05) is 14.2 Å². The molecule has 2 aliphatic rings. The van der Waals surface area contributed by atoms with Gasteiger partial charge in [-0.05, 0) is 65.5 Å². The average Bonchev–Trinajstić information content (AvgIpc) is 2.39. The maximum atomic E-state index is 6.52. The Labute approximate surface area is 182 Å². The van der Waals surface area contributed by atoms with Gasteiger partial charge in [0.2, 0.25) is 0 Å². The highest BCUT2D eigenvalue weighted by Crippen LogP contribution is 2.41. The molecule has 2 aliphatic heterocycles. The van der Waals surface area contributed by atoms with Crippen LogP contribution in [-0.2, 0) is 41.8 Å². The van der Waals surface area contributed by atoms with Crippen molar-refractivity contribution in [2.24, 2.45) is 0 Å². The second-order valence-electron chi connectivity index (χ2n) is 9.22. The summed E-state index contributed by atoms with van der Waals surface area (Å²) in [7, 11) is -17.2. The van der Waals surface area contributed by atoms with E-state index in [0.29, 0.717) is 0 Å². The molecule has 2 heterocycles. The molecular weight excluding hydrogens is 501 g/mol. The van der Waals surface area contributed by atoms with E-state index in [9.17, 15) is 0 Å². The van der Waals surface area contributed by atoms with Crippen LogP contribution in [0.1, 0.15) is 0 Å². The summed E-state index contributed by atoms with van der Waals surface area (Å²) in [5, 5.41) is 0. The van der Waals surface area contributed by atoms with Gasteiger partial charge in [0.25, 0.3) is 0 Å². The van der Waals surface area contributed by atoms with Crippen LogP contribution in [0.4, 0.5) is 0 Å². The van der Waals surface area contributed by atoms with Gasteiger partial charge in [0.05, 0.1) is 0 Å². The molecule has 2 saturated heterocycles. The molecule has 2 fully saturated rings.